The van der Waals surface area contributed by atoms with Crippen molar-refractivity contribution >= 4 is 17.8 Å². The fourth-order valence-electron chi connectivity index (χ4n) is 0.561. The van der Waals surface area contributed by atoms with Crippen molar-refractivity contribution in [2.75, 3.05) is 16.3 Å². The zero-order chi connectivity index (χ0) is 9.14. The van der Waals surface area contributed by atoms with Crippen LogP contribution in [0.15, 0.2) is 0 Å². The van der Waals surface area contributed by atoms with E-state index in [1.165, 1.54) is 0 Å². The van der Waals surface area contributed by atoms with E-state index >= 15 is 0 Å². The maximum absolute atomic E-state index is 5.28. The van der Waals surface area contributed by atoms with E-state index in [1.54, 1.807) is 0 Å². The number of hydrogen-bond acceptors (Lipinski definition) is 9. The van der Waals surface area contributed by atoms with Gasteiger partial charge < -0.3 is 5.73 Å². The molecule has 0 saturated carbocycles. The third-order valence-electron chi connectivity index (χ3n) is 1.00. The fourth-order valence-corrected chi connectivity index (χ4v) is 0.561. The van der Waals surface area contributed by atoms with Crippen LogP contribution >= 0.6 is 0 Å². The molecule has 66 valence electrons. The van der Waals surface area contributed by atoms with Gasteiger partial charge in [0.05, 0.1) is 0 Å². The maximum Gasteiger partial charge on any atom is 0.261 e. The van der Waals surface area contributed by atoms with Crippen molar-refractivity contribution in [3.8, 4) is 0 Å². The van der Waals surface area contributed by atoms with Gasteiger partial charge in [0, 0.05) is 0 Å². The van der Waals surface area contributed by atoms with Gasteiger partial charge in [-0.15, -0.1) is 0 Å². The van der Waals surface area contributed by atoms with E-state index in [9.17, 15) is 0 Å². The first-order valence-electron chi connectivity index (χ1n) is 2.91. The molecule has 1 rings (SSSR count). The maximum atomic E-state index is 5.28. The molecule has 0 aliphatic heterocycles. The van der Waals surface area contributed by atoms with Gasteiger partial charge in [-0.2, -0.15) is 15.0 Å². The average molecular weight is 174 g/mol. The highest BCUT2D eigenvalue weighted by Gasteiger charge is 2.04. The molecule has 1 aromatic rings. The van der Waals surface area contributed by atoms with Gasteiger partial charge in [-0.25, -0.2) is 22.6 Å². The highest BCUT2D eigenvalue weighted by Crippen LogP contribution is 2.05. The van der Waals surface area contributed by atoms with Crippen LogP contribution in [-0.4, -0.2) is 15.0 Å². The molecule has 12 heavy (non-hydrogen) atoms. The van der Waals surface area contributed by atoms with Crippen LogP contribution in [-0.2, 0) is 0 Å². The smallest absolute Gasteiger partial charge is 0.261 e. The van der Waals surface area contributed by atoms with Crippen molar-refractivity contribution in [2.45, 2.75) is 0 Å². The van der Waals surface area contributed by atoms with Crippen LogP contribution in [0.25, 0.3) is 0 Å². The van der Waals surface area contributed by atoms with Gasteiger partial charge in [0.25, 0.3) is 5.95 Å². The Morgan fingerprint density at radius 1 is 1.17 bits per heavy atom. The first-order chi connectivity index (χ1) is 5.63. The molecule has 1 heterocycles. The number of nitrogens with two attached hydrogens (primary N) is 4. The second-order valence-electron chi connectivity index (χ2n) is 1.87. The van der Waals surface area contributed by atoms with Crippen LogP contribution < -0.4 is 33.8 Å². The zero-order valence-electron chi connectivity index (χ0n) is 6.10. The van der Waals surface area contributed by atoms with Crippen molar-refractivity contribution in [3.63, 3.8) is 0 Å². The summed E-state index contributed by atoms with van der Waals surface area (Å²) in [4.78, 5) is 10.9. The largest absolute Gasteiger partial charge is 0.368 e. The quantitative estimate of drug-likeness (QED) is 0.182. The van der Waals surface area contributed by atoms with Crippen LogP contribution in [0, 0.1) is 0 Å². The van der Waals surface area contributed by atoms with Gasteiger partial charge in [0.15, 0.2) is 0 Å². The van der Waals surface area contributed by atoms with E-state index in [4.69, 9.17) is 23.3 Å². The number of nitrogens with one attached hydrogen (secondary N) is 1. The summed E-state index contributed by atoms with van der Waals surface area (Å²) in [6.45, 7) is 0. The molecule has 9 N–H and O–H groups in total. The fraction of sp³-hybridized carbons (Fsp3) is 0. The summed E-state index contributed by atoms with van der Waals surface area (Å²) < 4.78 is 0. The van der Waals surface area contributed by atoms with Gasteiger partial charge in [0.2, 0.25) is 11.9 Å². The molecular weight excluding hydrogens is 165 g/mol. The minimum absolute atomic E-state index is 0.0196. The molecule has 0 atom stereocenters. The molecule has 9 heteroatoms. The van der Waals surface area contributed by atoms with Crippen LogP contribution in [0.1, 0.15) is 0 Å². The van der Waals surface area contributed by atoms with Crippen molar-refractivity contribution in [1.82, 2.24) is 15.0 Å². The normalized spacial score (nSPS) is 9.58. The Morgan fingerprint density at radius 2 is 1.83 bits per heavy atom. The number of hydrogen-bond donors (Lipinski definition) is 5. The Labute approximate surface area is 67.7 Å². The summed E-state index contributed by atoms with van der Waals surface area (Å²) in [5, 5.41) is 0.707. The molecule has 0 bridgehead atoms. The number of nitrogen functional groups attached to an aromatic ring is 2. The summed E-state index contributed by atoms with van der Waals surface area (Å²) in [6.07, 6.45) is 0. The van der Waals surface area contributed by atoms with Crippen molar-refractivity contribution in [2.24, 2.45) is 17.5 Å². The highest BCUT2D eigenvalue weighted by molar-refractivity contribution is 5.38. The number of hydrazine groups is 3. The molecule has 0 fully saturated rings. The third-order valence-corrected chi connectivity index (χ3v) is 1.00. The van der Waals surface area contributed by atoms with Crippen molar-refractivity contribution in [1.29, 1.82) is 0 Å². The Bertz CT molecular complexity index is 268. The highest BCUT2D eigenvalue weighted by atomic mass is 16.2. The predicted molar refractivity (Wildman–Crippen MR) is 42.9 cm³/mol. The standard InChI is InChI=1S/C3H9N9/c4-1-8-2(11-5)10-3(9-1)12(6)7/h5-7H2,(H3,4,8,9,10,11)/i9+1,10+1,12+1. The van der Waals surface area contributed by atoms with Gasteiger partial charge in [-0.3, -0.25) is 5.43 Å². The Hall–Kier alpha value is -1.71. The van der Waals surface area contributed by atoms with E-state index < -0.39 is 0 Å². The minimum Gasteiger partial charge on any atom is -0.368 e. The van der Waals surface area contributed by atoms with Crippen LogP contribution in [0.4, 0.5) is 17.8 Å². The average Bonchev–Trinajstić information content (AvgIpc) is 2.03. The Morgan fingerprint density at radius 3 is 2.33 bits per heavy atom. The molecule has 1 aromatic heterocycles. The predicted octanol–water partition coefficient (Wildman–Crippen LogP) is -2.71. The van der Waals surface area contributed by atoms with Crippen molar-refractivity contribution < 1.29 is 0 Å². The lowest BCUT2D eigenvalue weighted by atomic mass is 10.9. The SMILES string of the molecule is NNc1nc(N)[15n]c([15N](N)N)[15n]1. The number of anilines is 3. The molecule has 0 aliphatic rings. The molecule has 0 spiro atoms. The van der Waals surface area contributed by atoms with Gasteiger partial charge in [-0.05, 0) is 0 Å². The third kappa shape index (κ3) is 1.66. The Kier molecular flexibility index (Phi) is 2.19. The van der Waals surface area contributed by atoms with Gasteiger partial charge >= 0.3 is 0 Å². The van der Waals surface area contributed by atoms with E-state index in [-0.39, 0.29) is 17.8 Å². The molecule has 0 aliphatic carbocycles. The summed E-state index contributed by atoms with van der Waals surface area (Å²) >= 11 is 0. The van der Waals surface area contributed by atoms with Crippen molar-refractivity contribution in [3.05, 3.63) is 0 Å². The van der Waals surface area contributed by atoms with Gasteiger partial charge in [0.1, 0.15) is 0 Å². The summed E-state index contributed by atoms with van der Waals surface area (Å²) in [5.74, 6) is 15.4. The molecule has 0 radical (unpaired) electrons. The molecule has 0 aromatic carbocycles. The minimum atomic E-state index is -0.0196. The molecule has 9 nitrogen and oxygen atoms in total. The van der Waals surface area contributed by atoms with E-state index in [2.05, 4.69) is 20.4 Å². The number of rotatable bonds is 2. The first-order valence-corrected chi connectivity index (χ1v) is 2.91. The van der Waals surface area contributed by atoms with Crippen LogP contribution in [0.5, 0.6) is 0 Å². The monoisotopic (exact) mass is 174 g/mol. The summed E-state index contributed by atoms with van der Waals surface area (Å²) in [6, 6.07) is 0. The Balaban J connectivity index is 3.06. The molecular formula is C3H9N9. The van der Waals surface area contributed by atoms with Crippen LogP contribution in [0.2, 0.25) is 0 Å². The van der Waals surface area contributed by atoms with E-state index in [1.807, 2.05) is 0 Å². The first kappa shape index (κ1) is 8.39. The molecule has 0 amide bonds. The lowest BCUT2D eigenvalue weighted by molar-refractivity contribution is 0.850. The van der Waals surface area contributed by atoms with E-state index in [0.29, 0.717) is 5.12 Å². The van der Waals surface area contributed by atoms with E-state index in [0.717, 1.165) is 0 Å². The second kappa shape index (κ2) is 3.13. The second-order valence-corrected chi connectivity index (χ2v) is 1.87. The molecule has 0 saturated heterocycles. The van der Waals surface area contributed by atoms with Crippen LogP contribution in [0.3, 0.4) is 0 Å². The lowest BCUT2D eigenvalue weighted by Crippen LogP contribution is -2.39. The lowest BCUT2D eigenvalue weighted by Gasteiger charge is -2.09. The molecule has 0 unspecified atom stereocenters. The summed E-state index contributed by atoms with van der Waals surface area (Å²) in [7, 11) is 0. The topological polar surface area (TPSA) is 158 Å². The zero-order valence-corrected chi connectivity index (χ0v) is 6.10. The number of nitrogens with zero attached hydrogens (tertiary/aromatic N) is 4. The van der Waals surface area contributed by atoms with Gasteiger partial charge in [-0.1, -0.05) is 0 Å². The summed E-state index contributed by atoms with van der Waals surface area (Å²) in [5.41, 5.74) is 7.46. The number of aromatic nitrogens is 3.